The molecule has 1 unspecified atom stereocenters. The van der Waals surface area contributed by atoms with Crippen LogP contribution in [0.5, 0.6) is 0 Å². The minimum absolute atomic E-state index is 0.168. The summed E-state index contributed by atoms with van der Waals surface area (Å²) >= 11 is 0. The van der Waals surface area contributed by atoms with Crippen molar-refractivity contribution in [2.75, 3.05) is 0 Å². The van der Waals surface area contributed by atoms with Crippen LogP contribution in [0.15, 0.2) is 36.7 Å². The SMILES string of the molecule is Cc1cccnc1[C@@H]1CCC[C@H](c2ncccc2CC2CCC(=O)N2)N1. The highest BCUT2D eigenvalue weighted by molar-refractivity contribution is 5.78. The summed E-state index contributed by atoms with van der Waals surface area (Å²) in [4.78, 5) is 20.8. The van der Waals surface area contributed by atoms with Crippen LogP contribution in [0.25, 0.3) is 0 Å². The van der Waals surface area contributed by atoms with Crippen molar-refractivity contribution < 1.29 is 4.79 Å². The van der Waals surface area contributed by atoms with E-state index < -0.39 is 0 Å². The lowest BCUT2D eigenvalue weighted by molar-refractivity contribution is -0.119. The monoisotopic (exact) mass is 350 g/mol. The highest BCUT2D eigenvalue weighted by Crippen LogP contribution is 2.33. The minimum Gasteiger partial charge on any atom is -0.353 e. The zero-order chi connectivity index (χ0) is 17.9. The zero-order valence-electron chi connectivity index (χ0n) is 15.2. The number of piperidine rings is 1. The molecule has 4 rings (SSSR count). The van der Waals surface area contributed by atoms with Gasteiger partial charge in [0, 0.05) is 24.9 Å². The third-order valence-corrected chi connectivity index (χ3v) is 5.58. The van der Waals surface area contributed by atoms with E-state index in [9.17, 15) is 4.79 Å². The average Bonchev–Trinajstić information content (AvgIpc) is 3.07. The van der Waals surface area contributed by atoms with Gasteiger partial charge < -0.3 is 10.6 Å². The van der Waals surface area contributed by atoms with Gasteiger partial charge in [0.05, 0.1) is 23.5 Å². The van der Waals surface area contributed by atoms with Gasteiger partial charge in [0.25, 0.3) is 0 Å². The van der Waals surface area contributed by atoms with Crippen molar-refractivity contribution in [1.29, 1.82) is 0 Å². The van der Waals surface area contributed by atoms with Gasteiger partial charge in [-0.25, -0.2) is 0 Å². The molecule has 136 valence electrons. The standard InChI is InChI=1S/C21H26N4O/c1-14-5-3-11-22-20(14)17-7-2-8-18(25-17)21-15(6-4-12-23-21)13-16-9-10-19(26)24-16/h3-6,11-12,16-18,25H,2,7-10,13H2,1H3,(H,24,26)/t16?,17-,18+/m0/s1. The maximum atomic E-state index is 11.5. The fourth-order valence-corrected chi connectivity index (χ4v) is 4.26. The summed E-state index contributed by atoms with van der Waals surface area (Å²) in [7, 11) is 0. The number of hydrogen-bond acceptors (Lipinski definition) is 4. The molecular weight excluding hydrogens is 324 g/mol. The van der Waals surface area contributed by atoms with Gasteiger partial charge in [0.1, 0.15) is 0 Å². The molecule has 2 fully saturated rings. The second-order valence-electron chi connectivity index (χ2n) is 7.46. The number of aromatic nitrogens is 2. The number of carbonyl (C=O) groups excluding carboxylic acids is 1. The highest BCUT2D eigenvalue weighted by Gasteiger charge is 2.29. The lowest BCUT2D eigenvalue weighted by atomic mass is 9.90. The number of nitrogens with zero attached hydrogens (tertiary/aromatic N) is 2. The Bertz CT molecular complexity index is 791. The lowest BCUT2D eigenvalue weighted by Gasteiger charge is -2.32. The van der Waals surface area contributed by atoms with Crippen LogP contribution in [0.4, 0.5) is 0 Å². The van der Waals surface area contributed by atoms with Crippen molar-refractivity contribution >= 4 is 5.91 Å². The van der Waals surface area contributed by atoms with Gasteiger partial charge in [-0.1, -0.05) is 12.1 Å². The number of carbonyl (C=O) groups is 1. The third kappa shape index (κ3) is 3.63. The smallest absolute Gasteiger partial charge is 0.220 e. The summed E-state index contributed by atoms with van der Waals surface area (Å²) in [6.45, 7) is 2.13. The predicted molar refractivity (Wildman–Crippen MR) is 101 cm³/mol. The highest BCUT2D eigenvalue weighted by atomic mass is 16.1. The van der Waals surface area contributed by atoms with Crippen LogP contribution >= 0.6 is 0 Å². The zero-order valence-corrected chi connectivity index (χ0v) is 15.2. The fourth-order valence-electron chi connectivity index (χ4n) is 4.26. The first kappa shape index (κ1) is 17.2. The van der Waals surface area contributed by atoms with Gasteiger partial charge in [-0.2, -0.15) is 0 Å². The molecule has 5 heteroatoms. The Morgan fingerprint density at radius 1 is 1.04 bits per heavy atom. The van der Waals surface area contributed by atoms with Crippen LogP contribution < -0.4 is 10.6 Å². The molecule has 0 spiro atoms. The summed E-state index contributed by atoms with van der Waals surface area (Å²) in [6, 6.07) is 9.03. The first-order valence-corrected chi connectivity index (χ1v) is 9.61. The van der Waals surface area contributed by atoms with E-state index in [0.29, 0.717) is 6.42 Å². The summed E-state index contributed by atoms with van der Waals surface area (Å²) in [5.41, 5.74) is 4.76. The maximum Gasteiger partial charge on any atom is 0.220 e. The minimum atomic E-state index is 0.168. The molecule has 26 heavy (non-hydrogen) atoms. The maximum absolute atomic E-state index is 11.5. The van der Waals surface area contributed by atoms with Gasteiger partial charge in [-0.05, 0) is 62.3 Å². The third-order valence-electron chi connectivity index (χ3n) is 5.58. The van der Waals surface area contributed by atoms with Gasteiger partial charge in [-0.15, -0.1) is 0 Å². The topological polar surface area (TPSA) is 66.9 Å². The molecule has 0 aromatic carbocycles. The quantitative estimate of drug-likeness (QED) is 0.889. The molecule has 4 heterocycles. The van der Waals surface area contributed by atoms with Crippen molar-refractivity contribution in [3.05, 3.63) is 59.2 Å². The van der Waals surface area contributed by atoms with Crippen LogP contribution in [0.2, 0.25) is 0 Å². The number of nitrogens with one attached hydrogen (secondary N) is 2. The molecule has 2 saturated heterocycles. The molecular formula is C21H26N4O. The number of pyridine rings is 2. The van der Waals surface area contributed by atoms with Crippen molar-refractivity contribution in [2.24, 2.45) is 0 Å². The summed E-state index contributed by atoms with van der Waals surface area (Å²) in [5, 5.41) is 6.87. The van der Waals surface area contributed by atoms with E-state index >= 15 is 0 Å². The molecule has 3 atom stereocenters. The molecule has 0 bridgehead atoms. The van der Waals surface area contributed by atoms with Gasteiger partial charge in [0.2, 0.25) is 5.91 Å². The Morgan fingerprint density at radius 2 is 1.77 bits per heavy atom. The van der Waals surface area contributed by atoms with Crippen LogP contribution in [0, 0.1) is 6.92 Å². The van der Waals surface area contributed by atoms with Crippen LogP contribution in [0.3, 0.4) is 0 Å². The van der Waals surface area contributed by atoms with Crippen molar-refractivity contribution in [1.82, 2.24) is 20.6 Å². The number of aryl methyl sites for hydroxylation is 1. The Labute approximate surface area is 154 Å². The van der Waals surface area contributed by atoms with Crippen molar-refractivity contribution in [3.63, 3.8) is 0 Å². The van der Waals surface area contributed by atoms with E-state index in [0.717, 1.165) is 43.5 Å². The van der Waals surface area contributed by atoms with E-state index in [-0.39, 0.29) is 24.0 Å². The summed E-state index contributed by atoms with van der Waals surface area (Å²) < 4.78 is 0. The molecule has 0 aliphatic carbocycles. The Kier molecular flexibility index (Phi) is 4.98. The molecule has 5 nitrogen and oxygen atoms in total. The van der Waals surface area contributed by atoms with E-state index in [1.807, 2.05) is 24.5 Å². The van der Waals surface area contributed by atoms with Gasteiger partial charge in [-0.3, -0.25) is 14.8 Å². The second kappa shape index (κ2) is 7.54. The van der Waals surface area contributed by atoms with E-state index in [4.69, 9.17) is 4.98 Å². The van der Waals surface area contributed by atoms with Crippen molar-refractivity contribution in [3.8, 4) is 0 Å². The number of hydrogen-bond donors (Lipinski definition) is 2. The average molecular weight is 350 g/mol. The largest absolute Gasteiger partial charge is 0.353 e. The van der Waals surface area contributed by atoms with Gasteiger partial charge >= 0.3 is 0 Å². The van der Waals surface area contributed by atoms with Crippen molar-refractivity contribution in [2.45, 2.75) is 63.6 Å². The summed E-state index contributed by atoms with van der Waals surface area (Å²) in [5.74, 6) is 0.168. The molecule has 2 aromatic heterocycles. The Hall–Kier alpha value is -2.27. The number of rotatable bonds is 4. The van der Waals surface area contributed by atoms with Gasteiger partial charge in [0.15, 0.2) is 0 Å². The predicted octanol–water partition coefficient (Wildman–Crippen LogP) is 3.16. The van der Waals surface area contributed by atoms with Crippen LogP contribution in [-0.4, -0.2) is 21.9 Å². The molecule has 2 N–H and O–H groups in total. The molecule has 0 saturated carbocycles. The Balaban J connectivity index is 1.53. The molecule has 1 amide bonds. The van der Waals surface area contributed by atoms with Crippen LogP contribution in [-0.2, 0) is 11.2 Å². The van der Waals surface area contributed by atoms with E-state index in [1.54, 1.807) is 0 Å². The molecule has 2 aliphatic rings. The summed E-state index contributed by atoms with van der Waals surface area (Å²) in [6.07, 6.45) is 9.53. The number of amides is 1. The Morgan fingerprint density at radius 3 is 2.50 bits per heavy atom. The first-order valence-electron chi connectivity index (χ1n) is 9.61. The molecule has 2 aromatic rings. The van der Waals surface area contributed by atoms with Crippen LogP contribution in [0.1, 0.15) is 66.7 Å². The first-order chi connectivity index (χ1) is 12.7. The molecule has 0 radical (unpaired) electrons. The van der Waals surface area contributed by atoms with E-state index in [1.165, 1.54) is 11.1 Å². The fraction of sp³-hybridized carbons (Fsp3) is 0.476. The second-order valence-corrected chi connectivity index (χ2v) is 7.46. The molecule has 2 aliphatic heterocycles. The lowest BCUT2D eigenvalue weighted by Crippen LogP contribution is -2.34. The normalized spacial score (nSPS) is 25.9. The van der Waals surface area contributed by atoms with E-state index in [2.05, 4.69) is 34.7 Å².